The number of nitrogens with zero attached hydrogens (tertiary/aromatic N) is 3. The van der Waals surface area contributed by atoms with Crippen molar-refractivity contribution in [2.75, 3.05) is 16.2 Å². The molecule has 3 heterocycles. The highest BCUT2D eigenvalue weighted by Crippen LogP contribution is 2.38. The lowest BCUT2D eigenvalue weighted by atomic mass is 10.0. The molecule has 1 aromatic heterocycles. The van der Waals surface area contributed by atoms with Crippen LogP contribution >= 0.6 is 0 Å². The fraction of sp³-hybridized carbons (Fsp3) is 0.182. The summed E-state index contributed by atoms with van der Waals surface area (Å²) >= 11 is 0. The van der Waals surface area contributed by atoms with Crippen molar-refractivity contribution in [2.24, 2.45) is 7.05 Å². The maximum absolute atomic E-state index is 15.4. The SMILES string of the molecule is Cn1c(=O)n(C2CCC(=O)NC2=O)c2ccc(Nc3ccc(CNC(=O)c4ccc5c(F)c(N6CC(=O)NS6(=O)=O)c(O)cc5c4)cc3)cc21. The molecule has 2 aliphatic heterocycles. The molecule has 5 N–H and O–H groups in total. The minimum absolute atomic E-state index is 0.0553. The third-order valence-corrected chi connectivity index (χ3v) is 10.0. The number of rotatable bonds is 7. The molecule has 1 unspecified atom stereocenters. The molecule has 0 saturated carbocycles. The highest BCUT2D eigenvalue weighted by molar-refractivity contribution is 7.92. The number of phenolic OH excluding ortho intramolecular Hbond substituents is 1. The lowest BCUT2D eigenvalue weighted by Crippen LogP contribution is -2.44. The number of amides is 4. The van der Waals surface area contributed by atoms with E-state index in [-0.39, 0.29) is 47.3 Å². The standard InChI is InChI=1S/C33H28FN7O8S/c1-39-25-14-21(7-9-23(25)41(33(39)47)24-10-11-27(43)37-32(24)46)36-20-5-2-17(3-6-20)15-35-31(45)18-4-8-22-19(12-18)13-26(42)30(29(22)34)40-16-28(44)38-50(40,48)49/h2-9,12-14,24,36,42H,10-11,15-16H2,1H3,(H,35,45)(H,38,44)(H,37,43,46). The molecule has 7 rings (SSSR count). The molecule has 0 radical (unpaired) electrons. The van der Waals surface area contributed by atoms with Gasteiger partial charge in [-0.25, -0.2) is 18.2 Å². The van der Waals surface area contributed by atoms with Gasteiger partial charge in [0.05, 0.1) is 11.0 Å². The molecule has 17 heteroatoms. The van der Waals surface area contributed by atoms with Gasteiger partial charge < -0.3 is 15.7 Å². The smallest absolute Gasteiger partial charge is 0.329 e. The van der Waals surface area contributed by atoms with E-state index in [2.05, 4.69) is 16.0 Å². The summed E-state index contributed by atoms with van der Waals surface area (Å²) in [6.07, 6.45) is 0.386. The molecular weight excluding hydrogens is 673 g/mol. The van der Waals surface area contributed by atoms with Gasteiger partial charge in [-0.05, 0) is 65.9 Å². The molecule has 15 nitrogen and oxygen atoms in total. The number of aryl methyl sites for hydroxylation is 1. The molecular formula is C33H28FN7O8S. The maximum Gasteiger partial charge on any atom is 0.329 e. The van der Waals surface area contributed by atoms with Gasteiger partial charge >= 0.3 is 15.9 Å². The lowest BCUT2D eigenvalue weighted by Gasteiger charge is -2.21. The molecule has 5 aromatic rings. The summed E-state index contributed by atoms with van der Waals surface area (Å²) in [5.74, 6) is -3.98. The number of hydrogen-bond acceptors (Lipinski definition) is 9. The molecule has 0 aliphatic carbocycles. The minimum Gasteiger partial charge on any atom is -0.506 e. The summed E-state index contributed by atoms with van der Waals surface area (Å²) in [5.41, 5.74) is 2.49. The fourth-order valence-corrected chi connectivity index (χ4v) is 7.35. The lowest BCUT2D eigenvalue weighted by molar-refractivity contribution is -0.135. The fourth-order valence-electron chi connectivity index (χ4n) is 6.19. The number of fused-ring (bicyclic) bond motifs is 2. The number of halogens is 1. The van der Waals surface area contributed by atoms with E-state index < -0.39 is 57.8 Å². The molecule has 2 fully saturated rings. The molecule has 2 saturated heterocycles. The average Bonchev–Trinajstić information content (AvgIpc) is 3.48. The number of benzene rings is 4. The van der Waals surface area contributed by atoms with Gasteiger partial charge in [0.1, 0.15) is 24.0 Å². The number of anilines is 3. The van der Waals surface area contributed by atoms with Crippen LogP contribution in [0.2, 0.25) is 0 Å². The Kier molecular flexibility index (Phi) is 7.77. The van der Waals surface area contributed by atoms with E-state index >= 15 is 4.39 Å². The molecule has 50 heavy (non-hydrogen) atoms. The van der Waals surface area contributed by atoms with Crippen molar-refractivity contribution in [1.29, 1.82) is 0 Å². The van der Waals surface area contributed by atoms with Crippen LogP contribution in [-0.2, 0) is 38.2 Å². The Balaban J connectivity index is 1.02. The zero-order chi connectivity index (χ0) is 35.5. The highest BCUT2D eigenvalue weighted by Gasteiger charge is 2.38. The van der Waals surface area contributed by atoms with E-state index in [1.807, 2.05) is 12.1 Å². The van der Waals surface area contributed by atoms with Crippen LogP contribution in [0, 0.1) is 5.82 Å². The van der Waals surface area contributed by atoms with Crippen LogP contribution in [0.1, 0.15) is 34.8 Å². The van der Waals surface area contributed by atoms with E-state index in [1.54, 1.807) is 42.1 Å². The van der Waals surface area contributed by atoms with E-state index in [1.165, 1.54) is 27.3 Å². The Hall–Kier alpha value is -6.23. The zero-order valence-corrected chi connectivity index (χ0v) is 27.0. The number of piperidine rings is 1. The van der Waals surface area contributed by atoms with Crippen LogP contribution in [0.15, 0.2) is 71.5 Å². The maximum atomic E-state index is 15.4. The van der Waals surface area contributed by atoms with Gasteiger partial charge in [0.2, 0.25) is 11.8 Å². The number of imidazole rings is 1. The van der Waals surface area contributed by atoms with E-state index in [4.69, 9.17) is 0 Å². The summed E-state index contributed by atoms with van der Waals surface area (Å²) in [5, 5.41) is 18.9. The predicted octanol–water partition coefficient (Wildman–Crippen LogP) is 2.17. The molecule has 1 atom stereocenters. The van der Waals surface area contributed by atoms with Crippen LogP contribution in [0.3, 0.4) is 0 Å². The van der Waals surface area contributed by atoms with Crippen molar-refractivity contribution in [3.63, 3.8) is 0 Å². The van der Waals surface area contributed by atoms with Crippen LogP contribution in [0.5, 0.6) is 5.75 Å². The monoisotopic (exact) mass is 701 g/mol. The number of aromatic nitrogens is 2. The Bertz CT molecular complexity index is 2460. The van der Waals surface area contributed by atoms with Crippen molar-refractivity contribution in [3.05, 3.63) is 94.2 Å². The van der Waals surface area contributed by atoms with Gasteiger partial charge in [0.15, 0.2) is 5.82 Å². The van der Waals surface area contributed by atoms with Gasteiger partial charge in [-0.15, -0.1) is 0 Å². The van der Waals surface area contributed by atoms with Gasteiger partial charge in [-0.1, -0.05) is 18.2 Å². The molecule has 0 bridgehead atoms. The topological polar surface area (TPSA) is 201 Å². The number of aromatic hydroxyl groups is 1. The quantitative estimate of drug-likeness (QED) is 0.158. The minimum atomic E-state index is -4.36. The molecule has 0 spiro atoms. The Morgan fingerprint density at radius 2 is 1.70 bits per heavy atom. The van der Waals surface area contributed by atoms with Crippen LogP contribution in [-0.4, -0.2) is 52.8 Å². The number of carbonyl (C=O) groups excluding carboxylic acids is 4. The Labute approximate surface area is 282 Å². The van der Waals surface area contributed by atoms with Gasteiger partial charge in [-0.2, -0.15) is 8.42 Å². The van der Waals surface area contributed by atoms with Crippen LogP contribution in [0.25, 0.3) is 21.8 Å². The molecule has 4 aromatic carbocycles. The second-order valence-corrected chi connectivity index (χ2v) is 13.5. The van der Waals surface area contributed by atoms with Crippen LogP contribution in [0.4, 0.5) is 21.5 Å². The van der Waals surface area contributed by atoms with Gasteiger partial charge in [0, 0.05) is 42.3 Å². The molecule has 2 aliphatic rings. The van der Waals surface area contributed by atoms with Gasteiger partial charge in [-0.3, -0.25) is 33.6 Å². The number of phenols is 1. The first kappa shape index (κ1) is 32.3. The summed E-state index contributed by atoms with van der Waals surface area (Å²) in [7, 11) is -2.75. The second kappa shape index (κ2) is 12.0. The van der Waals surface area contributed by atoms with Crippen molar-refractivity contribution in [2.45, 2.75) is 25.4 Å². The zero-order valence-electron chi connectivity index (χ0n) is 26.2. The summed E-state index contributed by atoms with van der Waals surface area (Å²) in [6.45, 7) is -0.526. The summed E-state index contributed by atoms with van der Waals surface area (Å²) < 4.78 is 44.8. The van der Waals surface area contributed by atoms with E-state index in [0.717, 1.165) is 17.3 Å². The number of imide groups is 1. The van der Waals surface area contributed by atoms with Crippen molar-refractivity contribution < 1.29 is 37.1 Å². The molecule has 256 valence electrons. The second-order valence-electron chi connectivity index (χ2n) is 11.9. The van der Waals surface area contributed by atoms with Crippen molar-refractivity contribution in [1.82, 2.24) is 24.5 Å². The third kappa shape index (κ3) is 5.66. The normalized spacial score (nSPS) is 17.2. The summed E-state index contributed by atoms with van der Waals surface area (Å²) in [6, 6.07) is 16.9. The van der Waals surface area contributed by atoms with E-state index in [9.17, 15) is 37.5 Å². The molecule has 4 amide bonds. The number of hydrogen-bond donors (Lipinski definition) is 5. The van der Waals surface area contributed by atoms with Gasteiger partial charge in [0.25, 0.3) is 11.8 Å². The third-order valence-electron chi connectivity index (χ3n) is 8.67. The highest BCUT2D eigenvalue weighted by atomic mass is 32.2. The first-order valence-electron chi connectivity index (χ1n) is 15.3. The van der Waals surface area contributed by atoms with Crippen LogP contribution < -0.4 is 30.7 Å². The Morgan fingerprint density at radius 3 is 2.40 bits per heavy atom. The first-order valence-corrected chi connectivity index (χ1v) is 16.7. The summed E-state index contributed by atoms with van der Waals surface area (Å²) in [4.78, 5) is 61.7. The predicted molar refractivity (Wildman–Crippen MR) is 179 cm³/mol. The van der Waals surface area contributed by atoms with E-state index in [0.29, 0.717) is 21.0 Å². The first-order chi connectivity index (χ1) is 23.8. The number of carbonyl (C=O) groups is 4. The average molecular weight is 702 g/mol. The van der Waals surface area contributed by atoms with Crippen molar-refractivity contribution >= 4 is 72.7 Å². The Morgan fingerprint density at radius 1 is 0.960 bits per heavy atom. The van der Waals surface area contributed by atoms with Crippen molar-refractivity contribution in [3.8, 4) is 5.75 Å². The number of nitrogens with one attached hydrogen (secondary N) is 4. The largest absolute Gasteiger partial charge is 0.506 e.